The van der Waals surface area contributed by atoms with Crippen LogP contribution in [0.15, 0.2) is 18.2 Å². The number of halogens is 4. The molecule has 0 radical (unpaired) electrons. The van der Waals surface area contributed by atoms with Crippen molar-refractivity contribution >= 4 is 12.4 Å². The molecule has 86 valence electrons. The van der Waals surface area contributed by atoms with E-state index in [1.807, 2.05) is 0 Å². The summed E-state index contributed by atoms with van der Waals surface area (Å²) in [5.41, 5.74) is 4.47. The third kappa shape index (κ3) is 3.00. The molecule has 0 aliphatic rings. The zero-order valence-corrected chi connectivity index (χ0v) is 8.78. The van der Waals surface area contributed by atoms with E-state index in [1.54, 1.807) is 0 Å². The third-order valence-electron chi connectivity index (χ3n) is 1.84. The van der Waals surface area contributed by atoms with Gasteiger partial charge in [-0.15, -0.1) is 12.4 Å². The highest BCUT2D eigenvalue weighted by atomic mass is 35.5. The van der Waals surface area contributed by atoms with Gasteiger partial charge in [0, 0.05) is 6.54 Å². The second-order valence-corrected chi connectivity index (χ2v) is 2.70. The smallest absolute Gasteiger partial charge is 0.420 e. The molecule has 0 bridgehead atoms. The number of ether oxygens (including phenoxy) is 1. The van der Waals surface area contributed by atoms with Crippen molar-refractivity contribution in [2.75, 3.05) is 7.11 Å². The molecule has 6 heteroatoms. The lowest BCUT2D eigenvalue weighted by atomic mass is 10.1. The lowest BCUT2D eigenvalue weighted by Gasteiger charge is -2.15. The summed E-state index contributed by atoms with van der Waals surface area (Å²) in [4.78, 5) is 0. The summed E-state index contributed by atoms with van der Waals surface area (Å²) in [7, 11) is 1.20. The molecule has 0 heterocycles. The summed E-state index contributed by atoms with van der Waals surface area (Å²) in [6.45, 7) is -0.161. The van der Waals surface area contributed by atoms with Crippen molar-refractivity contribution < 1.29 is 17.9 Å². The second-order valence-electron chi connectivity index (χ2n) is 2.70. The number of benzene rings is 1. The van der Waals surface area contributed by atoms with Gasteiger partial charge in [-0.2, -0.15) is 13.2 Å². The lowest BCUT2D eigenvalue weighted by Crippen LogP contribution is -2.13. The van der Waals surface area contributed by atoms with Gasteiger partial charge in [0.25, 0.3) is 0 Å². The molecule has 0 saturated carbocycles. The van der Waals surface area contributed by atoms with Crippen LogP contribution >= 0.6 is 12.4 Å². The van der Waals surface area contributed by atoms with E-state index in [4.69, 9.17) is 5.73 Å². The fraction of sp³-hybridized carbons (Fsp3) is 0.333. The summed E-state index contributed by atoms with van der Waals surface area (Å²) >= 11 is 0. The first-order valence-corrected chi connectivity index (χ1v) is 3.94. The van der Waals surface area contributed by atoms with Crippen molar-refractivity contribution in [3.63, 3.8) is 0 Å². The van der Waals surface area contributed by atoms with Crippen molar-refractivity contribution in [2.45, 2.75) is 12.7 Å². The third-order valence-corrected chi connectivity index (χ3v) is 1.84. The standard InChI is InChI=1S/C9H10F3NO.ClH/c1-14-7-4-2-3-6(5-13)8(7)9(10,11)12;/h2-4H,5,13H2,1H3;1H. The lowest BCUT2D eigenvalue weighted by molar-refractivity contribution is -0.139. The van der Waals surface area contributed by atoms with Crippen LogP contribution in [-0.4, -0.2) is 7.11 Å². The monoisotopic (exact) mass is 241 g/mol. The maximum atomic E-state index is 12.5. The van der Waals surface area contributed by atoms with E-state index < -0.39 is 11.7 Å². The van der Waals surface area contributed by atoms with Crippen molar-refractivity contribution in [3.8, 4) is 5.75 Å². The molecule has 0 aromatic heterocycles. The van der Waals surface area contributed by atoms with Gasteiger partial charge in [0.1, 0.15) is 11.3 Å². The van der Waals surface area contributed by atoms with E-state index in [2.05, 4.69) is 4.74 Å². The Morgan fingerprint density at radius 1 is 1.33 bits per heavy atom. The van der Waals surface area contributed by atoms with Gasteiger partial charge in [-0.1, -0.05) is 12.1 Å². The van der Waals surface area contributed by atoms with Gasteiger partial charge in [-0.25, -0.2) is 0 Å². The first kappa shape index (κ1) is 14.1. The minimum atomic E-state index is -4.43. The van der Waals surface area contributed by atoms with Crippen LogP contribution in [0, 0.1) is 0 Å². The molecule has 0 atom stereocenters. The van der Waals surface area contributed by atoms with Crippen molar-refractivity contribution in [1.29, 1.82) is 0 Å². The van der Waals surface area contributed by atoms with E-state index in [9.17, 15) is 13.2 Å². The molecule has 15 heavy (non-hydrogen) atoms. The van der Waals surface area contributed by atoms with Gasteiger partial charge >= 0.3 is 6.18 Å². The maximum Gasteiger partial charge on any atom is 0.420 e. The largest absolute Gasteiger partial charge is 0.496 e. The quantitative estimate of drug-likeness (QED) is 0.864. The molecule has 0 saturated heterocycles. The van der Waals surface area contributed by atoms with E-state index in [0.717, 1.165) is 0 Å². The molecular formula is C9H11ClF3NO. The van der Waals surface area contributed by atoms with Gasteiger partial charge in [-0.3, -0.25) is 0 Å². The number of rotatable bonds is 2. The second kappa shape index (κ2) is 5.23. The molecule has 1 rings (SSSR count). The maximum absolute atomic E-state index is 12.5. The van der Waals surface area contributed by atoms with E-state index >= 15 is 0 Å². The molecule has 0 spiro atoms. The molecule has 1 aromatic rings. The zero-order valence-electron chi connectivity index (χ0n) is 7.97. The van der Waals surface area contributed by atoms with Crippen LogP contribution in [0.5, 0.6) is 5.75 Å². The fourth-order valence-corrected chi connectivity index (χ4v) is 1.24. The molecule has 0 amide bonds. The summed E-state index contributed by atoms with van der Waals surface area (Å²) in [6.07, 6.45) is -4.43. The Morgan fingerprint density at radius 2 is 1.93 bits per heavy atom. The Balaban J connectivity index is 0.00000196. The summed E-state index contributed by atoms with van der Waals surface area (Å²) in [6, 6.07) is 4.09. The Bertz CT molecular complexity index is 305. The number of hydrogen-bond donors (Lipinski definition) is 1. The number of hydrogen-bond acceptors (Lipinski definition) is 2. The average Bonchev–Trinajstić information content (AvgIpc) is 2.15. The minimum Gasteiger partial charge on any atom is -0.496 e. The highest BCUT2D eigenvalue weighted by molar-refractivity contribution is 5.85. The number of methoxy groups -OCH3 is 1. The van der Waals surface area contributed by atoms with E-state index in [-0.39, 0.29) is 30.3 Å². The predicted octanol–water partition coefficient (Wildman–Crippen LogP) is 2.59. The zero-order chi connectivity index (χ0) is 10.8. The summed E-state index contributed by atoms with van der Waals surface area (Å²) in [5.74, 6) is -0.194. The Morgan fingerprint density at radius 3 is 2.33 bits per heavy atom. The van der Waals surface area contributed by atoms with Gasteiger partial charge in [0.05, 0.1) is 7.11 Å². The summed E-state index contributed by atoms with van der Waals surface area (Å²) < 4.78 is 42.3. The van der Waals surface area contributed by atoms with Gasteiger partial charge in [-0.05, 0) is 11.6 Å². The van der Waals surface area contributed by atoms with Crippen LogP contribution in [0.4, 0.5) is 13.2 Å². The molecule has 0 aliphatic heterocycles. The van der Waals surface area contributed by atoms with Crippen LogP contribution in [0.2, 0.25) is 0 Å². The number of alkyl halides is 3. The summed E-state index contributed by atoms with van der Waals surface area (Å²) in [5, 5.41) is 0. The molecular weight excluding hydrogens is 231 g/mol. The van der Waals surface area contributed by atoms with Crippen molar-refractivity contribution in [1.82, 2.24) is 0 Å². The van der Waals surface area contributed by atoms with Crippen LogP contribution in [0.1, 0.15) is 11.1 Å². The normalized spacial score (nSPS) is 10.7. The van der Waals surface area contributed by atoms with Gasteiger partial charge < -0.3 is 10.5 Å². The van der Waals surface area contributed by atoms with Crippen LogP contribution in [0.3, 0.4) is 0 Å². The molecule has 2 nitrogen and oxygen atoms in total. The molecule has 0 fully saturated rings. The average molecular weight is 242 g/mol. The fourth-order valence-electron chi connectivity index (χ4n) is 1.24. The van der Waals surface area contributed by atoms with Crippen LogP contribution in [0.25, 0.3) is 0 Å². The van der Waals surface area contributed by atoms with Crippen molar-refractivity contribution in [3.05, 3.63) is 29.3 Å². The van der Waals surface area contributed by atoms with E-state index in [0.29, 0.717) is 0 Å². The Labute approximate surface area is 91.6 Å². The predicted molar refractivity (Wildman–Crippen MR) is 53.1 cm³/mol. The highest BCUT2D eigenvalue weighted by Gasteiger charge is 2.36. The van der Waals surface area contributed by atoms with Crippen LogP contribution in [-0.2, 0) is 12.7 Å². The Hall–Kier alpha value is -0.940. The molecule has 1 aromatic carbocycles. The number of nitrogens with two attached hydrogens (primary N) is 1. The first-order valence-electron chi connectivity index (χ1n) is 3.94. The van der Waals surface area contributed by atoms with Gasteiger partial charge in [0.2, 0.25) is 0 Å². The SMILES string of the molecule is COc1cccc(CN)c1C(F)(F)F.Cl. The molecule has 0 unspecified atom stereocenters. The molecule has 0 aliphatic carbocycles. The first-order chi connectivity index (χ1) is 6.50. The van der Waals surface area contributed by atoms with Gasteiger partial charge in [0.15, 0.2) is 0 Å². The Kier molecular flexibility index (Phi) is 4.90. The topological polar surface area (TPSA) is 35.2 Å². The van der Waals surface area contributed by atoms with E-state index in [1.165, 1.54) is 25.3 Å². The minimum absolute atomic E-state index is 0. The van der Waals surface area contributed by atoms with Crippen molar-refractivity contribution in [2.24, 2.45) is 5.73 Å². The van der Waals surface area contributed by atoms with Crippen LogP contribution < -0.4 is 10.5 Å². The molecule has 2 N–H and O–H groups in total. The highest BCUT2D eigenvalue weighted by Crippen LogP contribution is 2.38.